The molecule has 34 heavy (non-hydrogen) atoms. The molecule has 0 aromatic carbocycles. The lowest BCUT2D eigenvalue weighted by atomic mass is 9.99. The molecule has 0 radical (unpaired) electrons. The zero-order chi connectivity index (χ0) is 26.0. The molecule has 13 nitrogen and oxygen atoms in total. The highest BCUT2D eigenvalue weighted by atomic mass is 16.4. The molecule has 0 aliphatic carbocycles. The van der Waals surface area contributed by atoms with Crippen molar-refractivity contribution in [2.45, 2.75) is 71.1 Å². The van der Waals surface area contributed by atoms with Crippen molar-refractivity contribution in [3.63, 3.8) is 0 Å². The summed E-state index contributed by atoms with van der Waals surface area (Å²) in [6, 6.07) is -4.60. The Balaban J connectivity index is 3.03. The second-order valence-corrected chi connectivity index (χ2v) is 8.88. The number of carbonyl (C=O) groups excluding carboxylic acids is 4. The molecule has 1 heterocycles. The molecule has 1 rings (SSSR count). The number of nitrogens with one attached hydrogen (secondary N) is 4. The number of amides is 4. The molecular formula is C21H35N7O6. The van der Waals surface area contributed by atoms with E-state index in [4.69, 9.17) is 11.5 Å². The normalized spacial score (nSPS) is 14.7. The van der Waals surface area contributed by atoms with Crippen molar-refractivity contribution in [2.75, 3.05) is 0 Å². The lowest BCUT2D eigenvalue weighted by Gasteiger charge is -2.27. The molecule has 190 valence electrons. The topological polar surface area (TPSA) is 222 Å². The van der Waals surface area contributed by atoms with Gasteiger partial charge in [-0.25, -0.2) is 9.78 Å². The van der Waals surface area contributed by atoms with Gasteiger partial charge in [0.15, 0.2) is 0 Å². The molecule has 0 saturated carbocycles. The van der Waals surface area contributed by atoms with Crippen molar-refractivity contribution < 1.29 is 29.1 Å². The molecule has 0 spiro atoms. The summed E-state index contributed by atoms with van der Waals surface area (Å²) in [5.41, 5.74) is 11.5. The molecule has 4 amide bonds. The molecular weight excluding hydrogens is 446 g/mol. The van der Waals surface area contributed by atoms with E-state index in [0.29, 0.717) is 12.1 Å². The number of H-pyrrole nitrogens is 1. The van der Waals surface area contributed by atoms with Gasteiger partial charge in [-0.05, 0) is 18.3 Å². The van der Waals surface area contributed by atoms with Gasteiger partial charge in [-0.3, -0.25) is 19.2 Å². The average molecular weight is 482 g/mol. The van der Waals surface area contributed by atoms with E-state index in [-0.39, 0.29) is 18.3 Å². The standard InChI is InChI=1S/C21H35N7O6/c1-10(2)5-13(22)18(30)28-17(11(3)4)20(32)26-14(6-12-8-24-9-25-12)19(31)27-15(21(33)34)7-16(23)29/h8-11,13-15,17H,5-7,22H2,1-4H3,(H2,23,29)(H,24,25)(H,26,32)(H,27,31)(H,28,30)(H,33,34). The summed E-state index contributed by atoms with van der Waals surface area (Å²) in [4.78, 5) is 67.6. The van der Waals surface area contributed by atoms with E-state index in [1.54, 1.807) is 13.8 Å². The molecule has 13 heteroatoms. The summed E-state index contributed by atoms with van der Waals surface area (Å²) < 4.78 is 0. The maximum atomic E-state index is 13.0. The van der Waals surface area contributed by atoms with Gasteiger partial charge in [-0.15, -0.1) is 0 Å². The summed E-state index contributed by atoms with van der Waals surface area (Å²) in [6.07, 6.45) is 2.58. The van der Waals surface area contributed by atoms with E-state index in [9.17, 15) is 29.1 Å². The number of primary amides is 1. The third-order valence-electron chi connectivity index (χ3n) is 4.94. The number of carboxylic acid groups (broad SMARTS) is 1. The van der Waals surface area contributed by atoms with E-state index in [1.807, 2.05) is 13.8 Å². The Bertz CT molecular complexity index is 856. The largest absolute Gasteiger partial charge is 0.480 e. The van der Waals surface area contributed by atoms with Gasteiger partial charge in [0.1, 0.15) is 18.1 Å². The van der Waals surface area contributed by atoms with Crippen LogP contribution in [0.4, 0.5) is 0 Å². The number of aromatic nitrogens is 2. The molecule has 0 bridgehead atoms. The first-order valence-corrected chi connectivity index (χ1v) is 11.0. The summed E-state index contributed by atoms with van der Waals surface area (Å²) in [5.74, 6) is -4.52. The van der Waals surface area contributed by atoms with Crippen LogP contribution in [0.2, 0.25) is 0 Å². The lowest BCUT2D eigenvalue weighted by Crippen LogP contribution is -2.59. The van der Waals surface area contributed by atoms with Crippen molar-refractivity contribution in [3.05, 3.63) is 18.2 Å². The van der Waals surface area contributed by atoms with Crippen molar-refractivity contribution >= 4 is 29.6 Å². The Kier molecular flexibility index (Phi) is 11.2. The van der Waals surface area contributed by atoms with Crippen LogP contribution in [0.3, 0.4) is 0 Å². The second kappa shape index (κ2) is 13.3. The number of nitrogens with two attached hydrogens (primary N) is 2. The molecule has 1 aromatic heterocycles. The number of imidazole rings is 1. The first kappa shape index (κ1) is 28.6. The zero-order valence-electron chi connectivity index (χ0n) is 19.8. The van der Waals surface area contributed by atoms with Crippen LogP contribution in [0, 0.1) is 11.8 Å². The van der Waals surface area contributed by atoms with Crippen LogP contribution >= 0.6 is 0 Å². The summed E-state index contributed by atoms with van der Waals surface area (Å²) in [6.45, 7) is 7.27. The van der Waals surface area contributed by atoms with Crippen LogP contribution in [0.15, 0.2) is 12.5 Å². The first-order valence-electron chi connectivity index (χ1n) is 11.0. The van der Waals surface area contributed by atoms with Gasteiger partial charge >= 0.3 is 5.97 Å². The Morgan fingerprint density at radius 2 is 1.62 bits per heavy atom. The maximum Gasteiger partial charge on any atom is 0.326 e. The fraction of sp³-hybridized carbons (Fsp3) is 0.619. The Morgan fingerprint density at radius 3 is 2.09 bits per heavy atom. The molecule has 4 unspecified atom stereocenters. The third-order valence-corrected chi connectivity index (χ3v) is 4.94. The predicted molar refractivity (Wildman–Crippen MR) is 122 cm³/mol. The molecule has 0 aliphatic heterocycles. The van der Waals surface area contributed by atoms with E-state index >= 15 is 0 Å². The minimum Gasteiger partial charge on any atom is -0.480 e. The predicted octanol–water partition coefficient (Wildman–Crippen LogP) is -1.60. The molecule has 0 saturated heterocycles. The van der Waals surface area contributed by atoms with Gasteiger partial charge in [0, 0.05) is 18.3 Å². The summed E-state index contributed by atoms with van der Waals surface area (Å²) in [7, 11) is 0. The number of hydrogen-bond acceptors (Lipinski definition) is 7. The number of carboxylic acids is 1. The fourth-order valence-corrected chi connectivity index (χ4v) is 3.17. The van der Waals surface area contributed by atoms with Crippen molar-refractivity contribution in [1.82, 2.24) is 25.9 Å². The monoisotopic (exact) mass is 481 g/mol. The van der Waals surface area contributed by atoms with Gasteiger partial charge in [-0.2, -0.15) is 0 Å². The van der Waals surface area contributed by atoms with Crippen LogP contribution in [-0.2, 0) is 30.4 Å². The van der Waals surface area contributed by atoms with Gasteiger partial charge in [-0.1, -0.05) is 27.7 Å². The van der Waals surface area contributed by atoms with Crippen molar-refractivity contribution in [1.29, 1.82) is 0 Å². The zero-order valence-corrected chi connectivity index (χ0v) is 19.8. The third kappa shape index (κ3) is 9.57. The summed E-state index contributed by atoms with van der Waals surface area (Å²) >= 11 is 0. The highest BCUT2D eigenvalue weighted by Crippen LogP contribution is 2.08. The molecule has 1 aromatic rings. The smallest absolute Gasteiger partial charge is 0.326 e. The quantitative estimate of drug-likeness (QED) is 0.163. The van der Waals surface area contributed by atoms with Crippen LogP contribution in [-0.4, -0.2) is 68.8 Å². The minimum atomic E-state index is -1.57. The van der Waals surface area contributed by atoms with Crippen molar-refractivity contribution in [3.8, 4) is 0 Å². The Hall–Kier alpha value is -3.48. The highest BCUT2D eigenvalue weighted by molar-refractivity contribution is 5.95. The first-order chi connectivity index (χ1) is 15.8. The van der Waals surface area contributed by atoms with Crippen LogP contribution in [0.5, 0.6) is 0 Å². The second-order valence-electron chi connectivity index (χ2n) is 8.88. The van der Waals surface area contributed by atoms with Crippen LogP contribution < -0.4 is 27.4 Å². The summed E-state index contributed by atoms with van der Waals surface area (Å²) in [5, 5.41) is 16.7. The molecule has 0 aliphatic rings. The number of carbonyl (C=O) groups is 5. The number of hydrogen-bond donors (Lipinski definition) is 7. The lowest BCUT2D eigenvalue weighted by molar-refractivity contribution is -0.143. The Labute approximate surface area is 197 Å². The highest BCUT2D eigenvalue weighted by Gasteiger charge is 2.32. The number of rotatable bonds is 14. The van der Waals surface area contributed by atoms with E-state index < -0.39 is 60.2 Å². The maximum absolute atomic E-state index is 13.0. The minimum absolute atomic E-state index is 0.0495. The average Bonchev–Trinajstić information content (AvgIpc) is 3.22. The fourth-order valence-electron chi connectivity index (χ4n) is 3.17. The van der Waals surface area contributed by atoms with Gasteiger partial charge in [0.25, 0.3) is 0 Å². The van der Waals surface area contributed by atoms with Gasteiger partial charge in [0.05, 0.1) is 18.8 Å². The molecule has 9 N–H and O–H groups in total. The van der Waals surface area contributed by atoms with Crippen LogP contribution in [0.1, 0.15) is 46.2 Å². The van der Waals surface area contributed by atoms with E-state index in [0.717, 1.165) is 0 Å². The SMILES string of the molecule is CC(C)CC(N)C(=O)NC(C(=O)NC(Cc1cnc[nH]1)C(=O)NC(CC(N)=O)C(=O)O)C(C)C. The number of nitrogens with zero attached hydrogens (tertiary/aromatic N) is 1. The Morgan fingerprint density at radius 1 is 1.00 bits per heavy atom. The van der Waals surface area contributed by atoms with E-state index in [2.05, 4.69) is 25.9 Å². The van der Waals surface area contributed by atoms with Crippen LogP contribution in [0.25, 0.3) is 0 Å². The molecule has 0 fully saturated rings. The number of aliphatic carboxylic acids is 1. The van der Waals surface area contributed by atoms with E-state index in [1.165, 1.54) is 12.5 Å². The molecule has 4 atom stereocenters. The van der Waals surface area contributed by atoms with Gasteiger partial charge in [0.2, 0.25) is 23.6 Å². The van der Waals surface area contributed by atoms with Crippen molar-refractivity contribution in [2.24, 2.45) is 23.3 Å². The van der Waals surface area contributed by atoms with Gasteiger partial charge < -0.3 is 37.5 Å². The number of aromatic amines is 1.